The Morgan fingerprint density at radius 3 is 1.96 bits per heavy atom. The average Bonchev–Trinajstić information content (AvgIpc) is 2.62. The lowest BCUT2D eigenvalue weighted by Gasteiger charge is -2.05. The summed E-state index contributed by atoms with van der Waals surface area (Å²) in [6.45, 7) is 1.93. The largest absolute Gasteiger partial charge is 0.219 e. The lowest BCUT2D eigenvalue weighted by molar-refractivity contribution is 0.605. The first kappa shape index (κ1) is 17.9. The first-order chi connectivity index (χ1) is 12.0. The van der Waals surface area contributed by atoms with Crippen LogP contribution in [0.4, 0.5) is 0 Å². The topological polar surface area (TPSA) is 34.1 Å². The number of hydrogen-bond donors (Lipinski definition) is 0. The minimum absolute atomic E-state index is 0.313. The van der Waals surface area contributed by atoms with E-state index in [0.717, 1.165) is 22.3 Å². The molecule has 3 aromatic carbocycles. The van der Waals surface area contributed by atoms with Crippen molar-refractivity contribution < 1.29 is 8.42 Å². The third-order valence-electron chi connectivity index (χ3n) is 3.88. The quantitative estimate of drug-likeness (QED) is 0.457. The van der Waals surface area contributed by atoms with Gasteiger partial charge in [0.1, 0.15) is 0 Å². The number of benzene rings is 3. The van der Waals surface area contributed by atoms with Gasteiger partial charge in [0.05, 0.1) is 4.90 Å². The number of hydrogen-bond acceptors (Lipinski definition) is 2. The van der Waals surface area contributed by atoms with Crippen LogP contribution in [0, 0.1) is 6.92 Å². The van der Waals surface area contributed by atoms with E-state index >= 15 is 0 Å². The molecule has 126 valence electrons. The molecule has 0 unspecified atom stereocenters. The summed E-state index contributed by atoms with van der Waals surface area (Å²) < 4.78 is 25.8. The first-order valence-electron chi connectivity index (χ1n) is 7.80. The van der Waals surface area contributed by atoms with Crippen molar-refractivity contribution in [2.75, 3.05) is 0 Å². The van der Waals surface area contributed by atoms with Gasteiger partial charge in [-0.05, 0) is 58.3 Å². The Kier molecular flexibility index (Phi) is 5.39. The van der Waals surface area contributed by atoms with E-state index < -0.39 is 9.84 Å². The Morgan fingerprint density at radius 2 is 1.36 bits per heavy atom. The van der Waals surface area contributed by atoms with Crippen molar-refractivity contribution in [3.8, 4) is 11.1 Å². The molecule has 3 rings (SSSR count). The maximum Gasteiger partial charge on any atom is 0.200 e. The van der Waals surface area contributed by atoms with Crippen LogP contribution in [0.25, 0.3) is 14.7 Å². The Hall–Kier alpha value is -1.92. The number of sulfone groups is 1. The van der Waals surface area contributed by atoms with Crippen LogP contribution >= 0.6 is 22.6 Å². The lowest BCUT2D eigenvalue weighted by Crippen LogP contribution is -1.97. The van der Waals surface area contributed by atoms with Gasteiger partial charge in [-0.15, -0.1) is 0 Å². The fourth-order valence-corrected chi connectivity index (χ4v) is 4.88. The molecule has 0 aliphatic rings. The summed E-state index contributed by atoms with van der Waals surface area (Å²) in [5.41, 5.74) is 4.17. The molecular formula is C21H17IO2S. The molecule has 25 heavy (non-hydrogen) atoms. The zero-order valence-corrected chi connectivity index (χ0v) is 16.7. The van der Waals surface area contributed by atoms with Crippen LogP contribution in [0.2, 0.25) is 0 Å². The highest BCUT2D eigenvalue weighted by Gasteiger charge is 2.12. The number of halogens is 1. The molecule has 0 bridgehead atoms. The highest BCUT2D eigenvalue weighted by molar-refractivity contribution is 14.1. The molecule has 0 spiro atoms. The molecule has 2 nitrogen and oxygen atoms in total. The summed E-state index contributed by atoms with van der Waals surface area (Å²) >= 11 is 2.07. The summed E-state index contributed by atoms with van der Waals surface area (Å²) in [6, 6.07) is 24.9. The second-order valence-electron chi connectivity index (χ2n) is 5.77. The fraction of sp³-hybridized carbons (Fsp3) is 0.0476. The van der Waals surface area contributed by atoms with Crippen molar-refractivity contribution in [3.05, 3.63) is 95.4 Å². The third-order valence-corrected chi connectivity index (χ3v) is 6.71. The molecule has 0 atom stereocenters. The lowest BCUT2D eigenvalue weighted by atomic mass is 10.0. The van der Waals surface area contributed by atoms with Gasteiger partial charge in [-0.1, -0.05) is 72.3 Å². The van der Waals surface area contributed by atoms with Gasteiger partial charge in [0.2, 0.25) is 9.84 Å². The Balaban J connectivity index is 1.88. The van der Waals surface area contributed by atoms with E-state index in [1.165, 1.54) is 5.41 Å². The minimum atomic E-state index is -3.46. The van der Waals surface area contributed by atoms with Crippen molar-refractivity contribution in [2.45, 2.75) is 11.8 Å². The standard InChI is InChI=1S/C21H17IO2S/c1-16-7-13-20(14-8-16)25(23,24)15-21(22)19-11-9-18(10-12-19)17-5-3-2-4-6-17/h2-15H,1H3. The van der Waals surface area contributed by atoms with Gasteiger partial charge in [-0.25, -0.2) is 8.42 Å². The molecule has 4 heteroatoms. The van der Waals surface area contributed by atoms with Crippen LogP contribution in [-0.4, -0.2) is 8.42 Å². The zero-order chi connectivity index (χ0) is 17.9. The van der Waals surface area contributed by atoms with Crippen LogP contribution in [0.3, 0.4) is 0 Å². The second kappa shape index (κ2) is 7.54. The molecule has 0 N–H and O–H groups in total. The van der Waals surface area contributed by atoms with E-state index in [1.807, 2.05) is 61.5 Å². The van der Waals surface area contributed by atoms with Gasteiger partial charge >= 0.3 is 0 Å². The molecule has 0 fully saturated rings. The van der Waals surface area contributed by atoms with Crippen LogP contribution in [-0.2, 0) is 9.84 Å². The maximum atomic E-state index is 12.5. The van der Waals surface area contributed by atoms with Crippen LogP contribution in [0.5, 0.6) is 0 Å². The van der Waals surface area contributed by atoms with E-state index in [4.69, 9.17) is 0 Å². The monoisotopic (exact) mass is 460 g/mol. The van der Waals surface area contributed by atoms with Gasteiger partial charge in [0.15, 0.2) is 0 Å². The van der Waals surface area contributed by atoms with E-state index in [0.29, 0.717) is 8.48 Å². The van der Waals surface area contributed by atoms with E-state index in [-0.39, 0.29) is 0 Å². The van der Waals surface area contributed by atoms with Gasteiger partial charge in [0.25, 0.3) is 0 Å². The molecular weight excluding hydrogens is 443 g/mol. The predicted octanol–water partition coefficient (Wildman–Crippen LogP) is 5.87. The van der Waals surface area contributed by atoms with Crippen molar-refractivity contribution in [3.63, 3.8) is 0 Å². The molecule has 0 saturated carbocycles. The fourth-order valence-electron chi connectivity index (χ4n) is 2.45. The molecule has 0 aromatic heterocycles. The Bertz CT molecular complexity index is 988. The van der Waals surface area contributed by atoms with Gasteiger partial charge in [-0.3, -0.25) is 0 Å². The van der Waals surface area contributed by atoms with Crippen LogP contribution < -0.4 is 0 Å². The van der Waals surface area contributed by atoms with E-state index in [9.17, 15) is 8.42 Å². The third kappa shape index (κ3) is 4.38. The van der Waals surface area contributed by atoms with Crippen LogP contribution in [0.1, 0.15) is 11.1 Å². The second-order valence-corrected chi connectivity index (χ2v) is 8.73. The maximum absolute atomic E-state index is 12.5. The smallest absolute Gasteiger partial charge is 0.200 e. The Labute approximate surface area is 162 Å². The number of rotatable bonds is 4. The van der Waals surface area contributed by atoms with Crippen LogP contribution in [0.15, 0.2) is 89.2 Å². The van der Waals surface area contributed by atoms with Gasteiger partial charge in [-0.2, -0.15) is 0 Å². The summed E-state index contributed by atoms with van der Waals surface area (Å²) in [6.07, 6.45) is 0. The normalized spacial score (nSPS) is 12.2. The van der Waals surface area contributed by atoms with Gasteiger partial charge < -0.3 is 0 Å². The minimum Gasteiger partial charge on any atom is -0.219 e. The zero-order valence-electron chi connectivity index (χ0n) is 13.7. The number of aryl methyl sites for hydroxylation is 1. The molecule has 3 aromatic rings. The summed E-state index contributed by atoms with van der Waals surface area (Å²) in [5.74, 6) is 0. The molecule has 0 aliphatic heterocycles. The van der Waals surface area contributed by atoms with E-state index in [2.05, 4.69) is 34.7 Å². The molecule has 0 amide bonds. The average molecular weight is 460 g/mol. The Morgan fingerprint density at radius 1 is 0.800 bits per heavy atom. The summed E-state index contributed by atoms with van der Waals surface area (Å²) in [7, 11) is -3.46. The van der Waals surface area contributed by atoms with Crippen molar-refractivity contribution in [1.29, 1.82) is 0 Å². The summed E-state index contributed by atoms with van der Waals surface area (Å²) in [4.78, 5) is 0.313. The summed E-state index contributed by atoms with van der Waals surface area (Å²) in [5, 5.41) is 1.33. The first-order valence-corrected chi connectivity index (χ1v) is 10.4. The highest BCUT2D eigenvalue weighted by Crippen LogP contribution is 2.28. The van der Waals surface area contributed by atoms with Gasteiger partial charge in [0, 0.05) is 8.99 Å². The predicted molar refractivity (Wildman–Crippen MR) is 112 cm³/mol. The molecule has 0 radical (unpaired) electrons. The SMILES string of the molecule is Cc1ccc(S(=O)(=O)C=C(I)c2ccc(-c3ccccc3)cc2)cc1. The van der Waals surface area contributed by atoms with Crippen molar-refractivity contribution in [2.24, 2.45) is 0 Å². The van der Waals surface area contributed by atoms with Crippen molar-refractivity contribution >= 4 is 36.0 Å². The van der Waals surface area contributed by atoms with Crippen molar-refractivity contribution in [1.82, 2.24) is 0 Å². The highest BCUT2D eigenvalue weighted by atomic mass is 127. The van der Waals surface area contributed by atoms with E-state index in [1.54, 1.807) is 12.1 Å². The molecule has 0 heterocycles. The molecule has 0 aliphatic carbocycles. The molecule has 0 saturated heterocycles.